The van der Waals surface area contributed by atoms with Crippen LogP contribution < -0.4 is 0 Å². The monoisotopic (exact) mass is 576 g/mol. The molecule has 0 radical (unpaired) electrons. The molecule has 12 heteroatoms. The van der Waals surface area contributed by atoms with Gasteiger partial charge in [-0.05, 0) is 11.1 Å². The molecule has 0 fully saturated rings. The van der Waals surface area contributed by atoms with Gasteiger partial charge in [0.2, 0.25) is 0 Å². The smallest absolute Gasteiger partial charge is 0.227 e. The molecule has 0 N–H and O–H groups in total. The van der Waals surface area contributed by atoms with Crippen molar-refractivity contribution in [1.82, 2.24) is 0 Å². The van der Waals surface area contributed by atoms with Gasteiger partial charge in [-0.3, -0.25) is 0 Å². The van der Waals surface area contributed by atoms with Crippen molar-refractivity contribution in [3.8, 4) is 0 Å². The van der Waals surface area contributed by atoms with Crippen LogP contribution in [0.15, 0.2) is 60.7 Å². The summed E-state index contributed by atoms with van der Waals surface area (Å²) in [4.78, 5) is 0. The van der Waals surface area contributed by atoms with Crippen molar-refractivity contribution in [1.29, 1.82) is 0 Å². The molecule has 0 heterocycles. The molecule has 0 nitrogen and oxygen atoms in total. The van der Waals surface area contributed by atoms with Gasteiger partial charge in [-0.25, -0.2) is 4.39 Å². The van der Waals surface area contributed by atoms with Crippen molar-refractivity contribution in [2.24, 2.45) is 0 Å². The van der Waals surface area contributed by atoms with E-state index in [0.29, 0.717) is 0 Å². The van der Waals surface area contributed by atoms with Gasteiger partial charge in [-0.15, -0.1) is 0 Å². The lowest BCUT2D eigenvalue weighted by Gasteiger charge is -2.43. The number of benzene rings is 2. The highest BCUT2D eigenvalue weighted by atomic mass is 127. The zero-order chi connectivity index (χ0) is 23.9. The van der Waals surface area contributed by atoms with Crippen LogP contribution in [0.1, 0.15) is 17.5 Å². The molecule has 0 bridgehead atoms. The molecular formula is C19H12F11I. The van der Waals surface area contributed by atoms with Gasteiger partial charge in [0.05, 0.1) is 3.42 Å². The molecule has 2 aromatic carbocycles. The fourth-order valence-electron chi connectivity index (χ4n) is 2.93. The number of hydrogen-bond acceptors (Lipinski definition) is 0. The number of halogens is 12. The minimum Gasteiger partial charge on any atom is -0.227 e. The Morgan fingerprint density at radius 1 is 0.516 bits per heavy atom. The van der Waals surface area contributed by atoms with E-state index in [2.05, 4.69) is 0 Å². The Kier molecular flexibility index (Phi) is 6.68. The second-order valence-electron chi connectivity index (χ2n) is 6.66. The highest BCUT2D eigenvalue weighted by Crippen LogP contribution is 2.62. The van der Waals surface area contributed by atoms with E-state index < -0.39 is 39.7 Å². The zero-order valence-corrected chi connectivity index (χ0v) is 17.2. The molecule has 172 valence electrons. The van der Waals surface area contributed by atoms with Gasteiger partial charge in [0.15, 0.2) is 0 Å². The molecule has 2 aromatic rings. The zero-order valence-electron chi connectivity index (χ0n) is 15.0. The van der Waals surface area contributed by atoms with Gasteiger partial charge in [-0.2, -0.15) is 43.9 Å². The van der Waals surface area contributed by atoms with Crippen LogP contribution in [0.25, 0.3) is 0 Å². The molecule has 0 aliphatic rings. The third-order valence-electron chi connectivity index (χ3n) is 4.65. The minimum absolute atomic E-state index is 0.209. The van der Waals surface area contributed by atoms with E-state index in [1.807, 2.05) is 0 Å². The lowest BCUT2D eigenvalue weighted by atomic mass is 9.77. The summed E-state index contributed by atoms with van der Waals surface area (Å²) >= 11 is 1.16. The van der Waals surface area contributed by atoms with Crippen LogP contribution in [0, 0.1) is 0 Å². The maximum absolute atomic E-state index is 15.1. The Morgan fingerprint density at radius 3 is 1.16 bits per heavy atom. The first-order chi connectivity index (χ1) is 13.9. The highest BCUT2D eigenvalue weighted by molar-refractivity contribution is 14.1. The SMILES string of the molecule is FC(F)(F)C(F)(F)C(F)(F)C(F)(CC(I)(c1ccccc1)c1ccccc1)C(F)(F)F. The molecular weight excluding hydrogens is 564 g/mol. The van der Waals surface area contributed by atoms with E-state index in [4.69, 9.17) is 0 Å². The second kappa shape index (κ2) is 8.07. The number of alkyl halides is 12. The van der Waals surface area contributed by atoms with Gasteiger partial charge in [-0.1, -0.05) is 83.3 Å². The standard InChI is InChI=1S/C19H12F11I/c20-15(18(25,26)27,16(21,22)17(23,24)19(28,29)30)11-14(31,12-7-3-1-4-8-12)13-9-5-2-6-10-13/h1-10H,11H2. The van der Waals surface area contributed by atoms with Crippen molar-refractivity contribution < 1.29 is 48.3 Å². The first-order valence-corrected chi connectivity index (χ1v) is 9.38. The topological polar surface area (TPSA) is 0 Å². The largest absolute Gasteiger partial charge is 0.460 e. The fourth-order valence-corrected chi connectivity index (χ4v) is 4.17. The molecule has 0 saturated heterocycles. The predicted octanol–water partition coefficient (Wildman–Crippen LogP) is 7.86. The average molecular weight is 576 g/mol. The van der Waals surface area contributed by atoms with Crippen LogP contribution >= 0.6 is 22.6 Å². The third kappa shape index (κ3) is 4.23. The molecule has 1 unspecified atom stereocenters. The Hall–Kier alpha value is -1.60. The maximum atomic E-state index is 15.1. The van der Waals surface area contributed by atoms with E-state index in [9.17, 15) is 43.9 Å². The van der Waals surface area contributed by atoms with Gasteiger partial charge in [0, 0.05) is 6.42 Å². The minimum atomic E-state index is -7.30. The number of hydrogen-bond donors (Lipinski definition) is 0. The summed E-state index contributed by atoms with van der Waals surface area (Å²) in [6.07, 6.45) is -16.4. The van der Waals surface area contributed by atoms with Crippen LogP contribution in [-0.2, 0) is 3.42 Å². The first kappa shape index (κ1) is 25.7. The molecule has 0 aliphatic heterocycles. The van der Waals surface area contributed by atoms with E-state index in [1.54, 1.807) is 0 Å². The summed E-state index contributed by atoms with van der Waals surface area (Å²) < 4.78 is 146. The Bertz CT molecular complexity index is 836. The lowest BCUT2D eigenvalue weighted by molar-refractivity contribution is -0.412. The first-order valence-electron chi connectivity index (χ1n) is 8.30. The van der Waals surface area contributed by atoms with E-state index >= 15 is 4.39 Å². The summed E-state index contributed by atoms with van der Waals surface area (Å²) in [7, 11) is 0. The van der Waals surface area contributed by atoms with E-state index in [-0.39, 0.29) is 11.1 Å². The molecule has 0 aliphatic carbocycles. The molecule has 0 spiro atoms. The van der Waals surface area contributed by atoms with Gasteiger partial charge >= 0.3 is 24.2 Å². The van der Waals surface area contributed by atoms with E-state index in [0.717, 1.165) is 46.9 Å². The summed E-state index contributed by atoms with van der Waals surface area (Å²) in [5, 5.41) is 0. The number of rotatable bonds is 6. The van der Waals surface area contributed by atoms with Gasteiger partial charge in [0.1, 0.15) is 0 Å². The second-order valence-corrected chi connectivity index (χ2v) is 8.50. The molecule has 31 heavy (non-hydrogen) atoms. The fraction of sp³-hybridized carbons (Fsp3) is 0.368. The summed E-state index contributed by atoms with van der Waals surface area (Å²) in [5.41, 5.74) is -6.66. The molecule has 2 rings (SSSR count). The Morgan fingerprint density at radius 2 is 0.871 bits per heavy atom. The van der Waals surface area contributed by atoms with Crippen molar-refractivity contribution in [3.63, 3.8) is 0 Å². The quantitative estimate of drug-likeness (QED) is 0.187. The van der Waals surface area contributed by atoms with Crippen molar-refractivity contribution >= 4 is 22.6 Å². The third-order valence-corrected chi connectivity index (χ3v) is 6.27. The van der Waals surface area contributed by atoms with Gasteiger partial charge in [0.25, 0.3) is 5.67 Å². The van der Waals surface area contributed by atoms with Crippen molar-refractivity contribution in [2.75, 3.05) is 0 Å². The molecule has 0 amide bonds. The van der Waals surface area contributed by atoms with Crippen LogP contribution in [0.5, 0.6) is 0 Å². The average Bonchev–Trinajstić information content (AvgIpc) is 2.67. The predicted molar refractivity (Wildman–Crippen MR) is 98.1 cm³/mol. The summed E-state index contributed by atoms with van der Waals surface area (Å²) in [6.45, 7) is 0. The van der Waals surface area contributed by atoms with E-state index in [1.165, 1.54) is 36.4 Å². The van der Waals surface area contributed by atoms with Gasteiger partial charge < -0.3 is 0 Å². The Labute approximate surface area is 182 Å². The van der Waals surface area contributed by atoms with Crippen LogP contribution in [-0.4, -0.2) is 29.9 Å². The van der Waals surface area contributed by atoms with Crippen molar-refractivity contribution in [2.45, 2.75) is 39.7 Å². The molecule has 1 atom stereocenters. The van der Waals surface area contributed by atoms with Crippen molar-refractivity contribution in [3.05, 3.63) is 71.8 Å². The molecule has 0 aromatic heterocycles. The normalized spacial score (nSPS) is 16.1. The summed E-state index contributed by atoms with van der Waals surface area (Å²) in [6, 6.07) is 12.3. The van der Waals surface area contributed by atoms with Crippen LogP contribution in [0.3, 0.4) is 0 Å². The maximum Gasteiger partial charge on any atom is 0.460 e. The van der Waals surface area contributed by atoms with Crippen LogP contribution in [0.4, 0.5) is 48.3 Å². The van der Waals surface area contributed by atoms with Crippen LogP contribution in [0.2, 0.25) is 0 Å². The highest BCUT2D eigenvalue weighted by Gasteiger charge is 2.87. The molecule has 0 saturated carbocycles. The summed E-state index contributed by atoms with van der Waals surface area (Å²) in [5.74, 6) is -14.5. The Balaban J connectivity index is 2.79. The lowest BCUT2D eigenvalue weighted by Crippen LogP contribution is -2.68.